The number of Topliss-reactive ketones (excluding diaryl/α,β-unsaturated/α-hetero) is 1. The molecule has 3 heteroatoms. The molecule has 1 unspecified atom stereocenters. The van der Waals surface area contributed by atoms with Crippen molar-refractivity contribution >= 4 is 5.78 Å². The molecule has 0 aromatic rings. The Morgan fingerprint density at radius 3 is 2.25 bits per heavy atom. The summed E-state index contributed by atoms with van der Waals surface area (Å²) in [5, 5.41) is 3.40. The second-order valence-corrected chi connectivity index (χ2v) is 4.63. The van der Waals surface area contributed by atoms with E-state index >= 15 is 0 Å². The minimum Gasteiger partial charge on any atom is -0.346 e. The molecule has 0 spiro atoms. The van der Waals surface area contributed by atoms with E-state index in [4.69, 9.17) is 0 Å². The van der Waals surface area contributed by atoms with Gasteiger partial charge in [-0.2, -0.15) is 0 Å². The topological polar surface area (TPSA) is 29.1 Å². The summed E-state index contributed by atoms with van der Waals surface area (Å²) in [7, 11) is 0. The van der Waals surface area contributed by atoms with E-state index in [2.05, 4.69) is 32.5 Å². The van der Waals surface area contributed by atoms with Crippen LogP contribution in [0.25, 0.3) is 0 Å². The molecule has 0 heterocycles. The smallest absolute Gasteiger partial charge is 0.346 e. The first kappa shape index (κ1) is 18.5. The average molecular weight is 263 g/mol. The summed E-state index contributed by atoms with van der Waals surface area (Å²) in [4.78, 5) is 11.6. The Balaban J connectivity index is 0. The summed E-state index contributed by atoms with van der Waals surface area (Å²) in [6.45, 7) is 11.9. The summed E-state index contributed by atoms with van der Waals surface area (Å²) >= 11 is 0. The van der Waals surface area contributed by atoms with E-state index in [0.717, 1.165) is 12.8 Å². The Morgan fingerprint density at radius 2 is 1.88 bits per heavy atom. The normalized spacial score (nSPS) is 12.7. The standard InChI is InChI=1S/C13H25NO.Cr/c1-6-7-8-12(14-11(4)5)9-13(15)10(2)3;/h8,10-12,14H,1,6-7,9H2,2-5H3;/q-2;+2. The van der Waals surface area contributed by atoms with Crippen LogP contribution >= 0.6 is 0 Å². The SMILES string of the molecule is [CH2-]CC[CH-]C(CC(=O)C(C)C)NC(C)C.[Cr+2]. The summed E-state index contributed by atoms with van der Waals surface area (Å²) < 4.78 is 0. The van der Waals surface area contributed by atoms with E-state index in [0.29, 0.717) is 18.2 Å². The van der Waals surface area contributed by atoms with Crippen LogP contribution in [0.3, 0.4) is 0 Å². The monoisotopic (exact) mass is 263 g/mol. The van der Waals surface area contributed by atoms with E-state index in [1.54, 1.807) is 0 Å². The van der Waals surface area contributed by atoms with Crippen molar-refractivity contribution in [3.8, 4) is 0 Å². The van der Waals surface area contributed by atoms with Crippen molar-refractivity contribution in [1.29, 1.82) is 0 Å². The maximum atomic E-state index is 11.6. The van der Waals surface area contributed by atoms with Gasteiger partial charge in [0.2, 0.25) is 0 Å². The fraction of sp³-hybridized carbons (Fsp3) is 0.769. The van der Waals surface area contributed by atoms with Crippen molar-refractivity contribution in [2.75, 3.05) is 0 Å². The van der Waals surface area contributed by atoms with Gasteiger partial charge in [-0.1, -0.05) is 27.7 Å². The molecule has 16 heavy (non-hydrogen) atoms. The molecule has 0 aliphatic carbocycles. The quantitative estimate of drug-likeness (QED) is 0.682. The molecule has 0 saturated carbocycles. The number of nitrogens with one attached hydrogen (secondary N) is 1. The molecule has 94 valence electrons. The van der Waals surface area contributed by atoms with Crippen LogP contribution in [-0.2, 0) is 22.2 Å². The number of hydrogen-bond donors (Lipinski definition) is 1. The van der Waals surface area contributed by atoms with Gasteiger partial charge in [0.25, 0.3) is 0 Å². The maximum absolute atomic E-state index is 11.6. The van der Waals surface area contributed by atoms with Gasteiger partial charge in [-0.25, -0.2) is 12.8 Å². The molecular formula is C13H25CrNO. The number of hydrogen-bond acceptors (Lipinski definition) is 2. The molecule has 0 aromatic heterocycles. The molecule has 0 aliphatic heterocycles. The fourth-order valence-electron chi connectivity index (χ4n) is 1.41. The van der Waals surface area contributed by atoms with E-state index < -0.39 is 0 Å². The molecule has 0 amide bonds. The van der Waals surface area contributed by atoms with Crippen molar-refractivity contribution in [1.82, 2.24) is 5.32 Å². The van der Waals surface area contributed by atoms with Gasteiger partial charge in [-0.15, -0.1) is 6.04 Å². The van der Waals surface area contributed by atoms with Crippen LogP contribution in [0, 0.1) is 19.3 Å². The van der Waals surface area contributed by atoms with Gasteiger partial charge in [0.1, 0.15) is 5.78 Å². The van der Waals surface area contributed by atoms with Gasteiger partial charge in [-0.05, 0) is 12.5 Å². The summed E-state index contributed by atoms with van der Waals surface area (Å²) in [6.07, 6.45) is 4.64. The van der Waals surface area contributed by atoms with Crippen molar-refractivity contribution in [2.24, 2.45) is 5.92 Å². The summed E-state index contributed by atoms with van der Waals surface area (Å²) in [6, 6.07) is 0.623. The van der Waals surface area contributed by atoms with Crippen LogP contribution < -0.4 is 5.32 Å². The van der Waals surface area contributed by atoms with E-state index in [9.17, 15) is 4.79 Å². The first-order valence-electron chi connectivity index (χ1n) is 5.88. The van der Waals surface area contributed by atoms with Crippen LogP contribution in [0.2, 0.25) is 0 Å². The van der Waals surface area contributed by atoms with Gasteiger partial charge in [-0.3, -0.25) is 4.79 Å². The van der Waals surface area contributed by atoms with Crippen molar-refractivity contribution in [2.45, 2.75) is 59.0 Å². The Morgan fingerprint density at radius 1 is 1.31 bits per heavy atom. The van der Waals surface area contributed by atoms with E-state index in [-0.39, 0.29) is 29.3 Å². The second-order valence-electron chi connectivity index (χ2n) is 4.63. The van der Waals surface area contributed by atoms with Crippen LogP contribution in [0.4, 0.5) is 0 Å². The molecule has 0 rings (SSSR count). The molecule has 1 N–H and O–H groups in total. The van der Waals surface area contributed by atoms with Crippen LogP contribution in [0.1, 0.15) is 47.0 Å². The molecule has 2 nitrogen and oxygen atoms in total. The predicted molar refractivity (Wildman–Crippen MR) is 65.4 cm³/mol. The first-order chi connectivity index (χ1) is 6.97. The van der Waals surface area contributed by atoms with Gasteiger partial charge in [0.05, 0.1) is 0 Å². The average Bonchev–Trinajstić information content (AvgIpc) is 2.13. The molecule has 1 atom stereocenters. The zero-order chi connectivity index (χ0) is 11.8. The van der Waals surface area contributed by atoms with Gasteiger partial charge in [0.15, 0.2) is 0 Å². The fourth-order valence-corrected chi connectivity index (χ4v) is 1.41. The third kappa shape index (κ3) is 9.39. The Bertz CT molecular complexity index is 181. The number of carbonyl (C=O) groups excluding carboxylic acids is 1. The van der Waals surface area contributed by atoms with Crippen LogP contribution in [-0.4, -0.2) is 17.9 Å². The number of rotatable bonds is 8. The van der Waals surface area contributed by atoms with Gasteiger partial charge >= 0.3 is 17.4 Å². The first-order valence-corrected chi connectivity index (χ1v) is 5.88. The van der Waals surface area contributed by atoms with Gasteiger partial charge in [0, 0.05) is 5.92 Å². The second kappa shape index (κ2) is 10.3. The summed E-state index contributed by atoms with van der Waals surface area (Å²) in [5.41, 5.74) is 0. The maximum Gasteiger partial charge on any atom is 2.00 e. The Labute approximate surface area is 112 Å². The van der Waals surface area contributed by atoms with Crippen LogP contribution in [0.15, 0.2) is 0 Å². The third-order valence-corrected chi connectivity index (χ3v) is 2.27. The molecule has 0 fully saturated rings. The number of unbranched alkanes of at least 4 members (excludes halogenated alkanes) is 1. The zero-order valence-corrected chi connectivity index (χ0v) is 12.2. The minimum absolute atomic E-state index is 0. The summed E-state index contributed by atoms with van der Waals surface area (Å²) in [5.74, 6) is 0.461. The minimum atomic E-state index is 0. The predicted octanol–water partition coefficient (Wildman–Crippen LogP) is 2.78. The molecule has 0 radical (unpaired) electrons. The van der Waals surface area contributed by atoms with Crippen molar-refractivity contribution < 1.29 is 22.2 Å². The molecular weight excluding hydrogens is 238 g/mol. The van der Waals surface area contributed by atoms with Crippen molar-refractivity contribution in [3.05, 3.63) is 13.3 Å². The molecule has 0 aliphatic rings. The largest absolute Gasteiger partial charge is 2.00 e. The third-order valence-electron chi connectivity index (χ3n) is 2.27. The Hall–Kier alpha value is 0.162. The molecule has 0 bridgehead atoms. The molecule has 0 aromatic carbocycles. The zero-order valence-electron chi connectivity index (χ0n) is 11.0. The number of carbonyl (C=O) groups is 1. The van der Waals surface area contributed by atoms with E-state index in [1.807, 2.05) is 13.8 Å². The Kier molecular flexibility index (Phi) is 12.0. The van der Waals surface area contributed by atoms with E-state index in [1.165, 1.54) is 0 Å². The van der Waals surface area contributed by atoms with Gasteiger partial charge < -0.3 is 18.7 Å². The van der Waals surface area contributed by atoms with Crippen LogP contribution in [0.5, 0.6) is 0 Å². The van der Waals surface area contributed by atoms with Crippen molar-refractivity contribution in [3.63, 3.8) is 0 Å². The molecule has 0 saturated heterocycles. The number of ketones is 1.